The van der Waals surface area contributed by atoms with Crippen LogP contribution in [-0.4, -0.2) is 45.2 Å². The summed E-state index contributed by atoms with van der Waals surface area (Å²) in [6.45, 7) is 5.57. The van der Waals surface area contributed by atoms with Gasteiger partial charge in [0.05, 0.1) is 11.4 Å². The first kappa shape index (κ1) is 12.9. The molecule has 5 heteroatoms. The molecule has 0 aliphatic carbocycles. The molecule has 2 unspecified atom stereocenters. The zero-order chi connectivity index (χ0) is 11.3. The Kier molecular flexibility index (Phi) is 5.02. The average Bonchev–Trinajstić information content (AvgIpc) is 2.70. The Labute approximate surface area is 92.3 Å². The first-order chi connectivity index (χ1) is 7.06. The molecule has 0 aromatic heterocycles. The molecule has 0 saturated carbocycles. The van der Waals surface area contributed by atoms with Gasteiger partial charge in [-0.3, -0.25) is 0 Å². The Bertz CT molecular complexity index is 270. The molecular weight excluding hydrogens is 214 g/mol. The minimum Gasteiger partial charge on any atom is -0.377 e. The lowest BCUT2D eigenvalue weighted by atomic mass is 10.2. The minimum absolute atomic E-state index is 0.218. The standard InChI is InChI=1S/C10H21NO3S/c1-3-15(12,13)9(2)7-11-8-10-5-4-6-14-10/h9-11H,3-8H2,1-2H3. The third-order valence-electron chi connectivity index (χ3n) is 2.84. The van der Waals surface area contributed by atoms with Gasteiger partial charge in [0.2, 0.25) is 0 Å². The molecule has 0 radical (unpaired) electrons. The van der Waals surface area contributed by atoms with Gasteiger partial charge in [-0.25, -0.2) is 8.42 Å². The lowest BCUT2D eigenvalue weighted by Crippen LogP contribution is -2.36. The summed E-state index contributed by atoms with van der Waals surface area (Å²) in [5.41, 5.74) is 0. The number of ether oxygens (including phenoxy) is 1. The molecule has 1 heterocycles. The van der Waals surface area contributed by atoms with Crippen LogP contribution in [0, 0.1) is 0 Å². The smallest absolute Gasteiger partial charge is 0.153 e. The fraction of sp³-hybridized carbons (Fsp3) is 1.00. The van der Waals surface area contributed by atoms with E-state index in [1.165, 1.54) is 0 Å². The first-order valence-corrected chi connectivity index (χ1v) is 7.31. The fourth-order valence-corrected chi connectivity index (χ4v) is 2.61. The molecule has 0 aromatic rings. The van der Waals surface area contributed by atoms with Crippen molar-refractivity contribution < 1.29 is 13.2 Å². The summed E-state index contributed by atoms with van der Waals surface area (Å²) in [7, 11) is -2.90. The van der Waals surface area contributed by atoms with E-state index in [-0.39, 0.29) is 17.1 Å². The summed E-state index contributed by atoms with van der Waals surface area (Å²) >= 11 is 0. The zero-order valence-electron chi connectivity index (χ0n) is 9.53. The van der Waals surface area contributed by atoms with Crippen molar-refractivity contribution in [2.24, 2.45) is 0 Å². The normalized spacial score (nSPS) is 24.3. The molecule has 1 rings (SSSR count). The van der Waals surface area contributed by atoms with Gasteiger partial charge in [0.25, 0.3) is 0 Å². The number of sulfone groups is 1. The van der Waals surface area contributed by atoms with E-state index in [2.05, 4.69) is 5.32 Å². The molecule has 4 nitrogen and oxygen atoms in total. The van der Waals surface area contributed by atoms with E-state index in [0.717, 1.165) is 26.0 Å². The van der Waals surface area contributed by atoms with Gasteiger partial charge in [-0.05, 0) is 19.8 Å². The highest BCUT2D eigenvalue weighted by atomic mass is 32.2. The predicted octanol–water partition coefficient (Wildman–Crippen LogP) is 0.578. The Morgan fingerprint density at radius 2 is 2.27 bits per heavy atom. The minimum atomic E-state index is -2.90. The van der Waals surface area contributed by atoms with Crippen molar-refractivity contribution in [3.8, 4) is 0 Å². The summed E-state index contributed by atoms with van der Waals surface area (Å²) in [4.78, 5) is 0. The second kappa shape index (κ2) is 5.82. The SMILES string of the molecule is CCS(=O)(=O)C(C)CNCC1CCCO1. The van der Waals surface area contributed by atoms with Crippen LogP contribution in [0.3, 0.4) is 0 Å². The summed E-state index contributed by atoms with van der Waals surface area (Å²) in [6.07, 6.45) is 2.48. The molecule has 15 heavy (non-hydrogen) atoms. The molecule has 0 amide bonds. The van der Waals surface area contributed by atoms with Gasteiger partial charge in [-0.15, -0.1) is 0 Å². The number of hydrogen-bond donors (Lipinski definition) is 1. The molecule has 90 valence electrons. The lowest BCUT2D eigenvalue weighted by Gasteiger charge is -2.14. The van der Waals surface area contributed by atoms with Crippen LogP contribution in [0.5, 0.6) is 0 Å². The number of rotatable bonds is 6. The van der Waals surface area contributed by atoms with E-state index in [4.69, 9.17) is 4.74 Å². The Balaban J connectivity index is 2.19. The lowest BCUT2D eigenvalue weighted by molar-refractivity contribution is 0.110. The molecular formula is C10H21NO3S. The summed E-state index contributed by atoms with van der Waals surface area (Å²) in [5.74, 6) is 0.218. The molecule has 1 saturated heterocycles. The maximum atomic E-state index is 11.5. The number of nitrogens with one attached hydrogen (secondary N) is 1. The molecule has 2 atom stereocenters. The van der Waals surface area contributed by atoms with E-state index < -0.39 is 9.84 Å². The zero-order valence-corrected chi connectivity index (χ0v) is 10.3. The van der Waals surface area contributed by atoms with Crippen LogP contribution in [-0.2, 0) is 14.6 Å². The topological polar surface area (TPSA) is 55.4 Å². The molecule has 0 spiro atoms. The van der Waals surface area contributed by atoms with E-state index in [9.17, 15) is 8.42 Å². The average molecular weight is 235 g/mol. The van der Waals surface area contributed by atoms with Crippen molar-refractivity contribution in [3.63, 3.8) is 0 Å². The van der Waals surface area contributed by atoms with Crippen LogP contribution >= 0.6 is 0 Å². The van der Waals surface area contributed by atoms with E-state index in [0.29, 0.717) is 6.54 Å². The van der Waals surface area contributed by atoms with Crippen molar-refractivity contribution in [2.45, 2.75) is 38.0 Å². The first-order valence-electron chi connectivity index (χ1n) is 5.60. The van der Waals surface area contributed by atoms with Crippen LogP contribution in [0.4, 0.5) is 0 Å². The van der Waals surface area contributed by atoms with Crippen LogP contribution in [0.15, 0.2) is 0 Å². The Morgan fingerprint density at radius 1 is 1.53 bits per heavy atom. The van der Waals surface area contributed by atoms with E-state index >= 15 is 0 Å². The van der Waals surface area contributed by atoms with Gasteiger partial charge in [0.15, 0.2) is 9.84 Å². The predicted molar refractivity (Wildman–Crippen MR) is 60.8 cm³/mol. The van der Waals surface area contributed by atoms with E-state index in [1.807, 2.05) is 0 Å². The quantitative estimate of drug-likeness (QED) is 0.731. The Morgan fingerprint density at radius 3 is 2.80 bits per heavy atom. The largest absolute Gasteiger partial charge is 0.377 e. The summed E-state index contributed by atoms with van der Waals surface area (Å²) in [5, 5.41) is 2.86. The highest BCUT2D eigenvalue weighted by Gasteiger charge is 2.19. The van der Waals surface area contributed by atoms with Crippen LogP contribution in [0.25, 0.3) is 0 Å². The summed E-state index contributed by atoms with van der Waals surface area (Å²) in [6, 6.07) is 0. The molecule has 1 fully saturated rings. The monoisotopic (exact) mass is 235 g/mol. The van der Waals surface area contributed by atoms with Gasteiger partial charge in [-0.1, -0.05) is 6.92 Å². The number of hydrogen-bond acceptors (Lipinski definition) is 4. The van der Waals surface area contributed by atoms with Crippen LogP contribution in [0.1, 0.15) is 26.7 Å². The molecule has 1 aliphatic rings. The maximum absolute atomic E-state index is 11.5. The highest BCUT2D eigenvalue weighted by Crippen LogP contribution is 2.10. The second-order valence-electron chi connectivity index (χ2n) is 4.06. The third-order valence-corrected chi connectivity index (χ3v) is 5.04. The van der Waals surface area contributed by atoms with E-state index in [1.54, 1.807) is 13.8 Å². The van der Waals surface area contributed by atoms with Gasteiger partial charge in [0.1, 0.15) is 0 Å². The molecule has 1 aliphatic heterocycles. The molecule has 1 N–H and O–H groups in total. The van der Waals surface area contributed by atoms with Crippen LogP contribution < -0.4 is 5.32 Å². The van der Waals surface area contributed by atoms with Gasteiger partial charge in [0, 0.05) is 25.4 Å². The second-order valence-corrected chi connectivity index (χ2v) is 6.76. The molecule has 0 bridgehead atoms. The van der Waals surface area contributed by atoms with Gasteiger partial charge in [-0.2, -0.15) is 0 Å². The maximum Gasteiger partial charge on any atom is 0.153 e. The Hall–Kier alpha value is -0.130. The van der Waals surface area contributed by atoms with Gasteiger partial charge < -0.3 is 10.1 Å². The van der Waals surface area contributed by atoms with Gasteiger partial charge >= 0.3 is 0 Å². The van der Waals surface area contributed by atoms with Crippen molar-refractivity contribution >= 4 is 9.84 Å². The van der Waals surface area contributed by atoms with Crippen molar-refractivity contribution in [3.05, 3.63) is 0 Å². The highest BCUT2D eigenvalue weighted by molar-refractivity contribution is 7.92. The molecule has 0 aromatic carbocycles. The fourth-order valence-electron chi connectivity index (χ4n) is 1.66. The van der Waals surface area contributed by atoms with Crippen molar-refractivity contribution in [2.75, 3.05) is 25.4 Å². The van der Waals surface area contributed by atoms with Crippen molar-refractivity contribution in [1.82, 2.24) is 5.32 Å². The van der Waals surface area contributed by atoms with Crippen LogP contribution in [0.2, 0.25) is 0 Å². The summed E-state index contributed by atoms with van der Waals surface area (Å²) < 4.78 is 28.3. The third kappa shape index (κ3) is 4.09. The van der Waals surface area contributed by atoms with Crippen molar-refractivity contribution in [1.29, 1.82) is 0 Å².